The monoisotopic (exact) mass is 229 g/mol. The fraction of sp³-hybridized carbons (Fsp3) is 0.167. The fourth-order valence-corrected chi connectivity index (χ4v) is 1.50. The van der Waals surface area contributed by atoms with Crippen molar-refractivity contribution < 1.29 is 0 Å². The molecule has 0 saturated heterocycles. The molecule has 4 N–H and O–H groups in total. The number of rotatable bonds is 5. The van der Waals surface area contributed by atoms with Crippen LogP contribution in [0.2, 0.25) is 0 Å². The summed E-state index contributed by atoms with van der Waals surface area (Å²) in [5.41, 5.74) is 3.77. The summed E-state index contributed by atoms with van der Waals surface area (Å²) in [6.07, 6.45) is 4.53. The summed E-state index contributed by atoms with van der Waals surface area (Å²) in [6.45, 7) is 0.824. The topological polar surface area (TPSA) is 75.9 Å². The molecule has 17 heavy (non-hydrogen) atoms. The lowest BCUT2D eigenvalue weighted by Crippen LogP contribution is -2.11. The number of anilines is 2. The van der Waals surface area contributed by atoms with Gasteiger partial charge in [-0.2, -0.15) is 0 Å². The molecule has 5 heteroatoms. The van der Waals surface area contributed by atoms with Crippen molar-refractivity contribution in [2.45, 2.75) is 6.42 Å². The second-order valence-corrected chi connectivity index (χ2v) is 3.58. The highest BCUT2D eigenvalue weighted by atomic mass is 15.3. The second-order valence-electron chi connectivity index (χ2n) is 3.58. The average Bonchev–Trinajstić information content (AvgIpc) is 2.40. The standard InChI is InChI=1S/C12H15N5/c13-17-12-3-1-2-11(16-12)15-9-6-10-4-7-14-8-5-10/h1-5,7-8H,6,9,13H2,(H2,15,16,17). The number of hydrogen-bond acceptors (Lipinski definition) is 5. The smallest absolute Gasteiger partial charge is 0.142 e. The molecule has 2 aromatic heterocycles. The molecule has 2 aromatic rings. The van der Waals surface area contributed by atoms with E-state index < -0.39 is 0 Å². The van der Waals surface area contributed by atoms with Gasteiger partial charge in [0.1, 0.15) is 11.6 Å². The summed E-state index contributed by atoms with van der Waals surface area (Å²) in [7, 11) is 0. The van der Waals surface area contributed by atoms with Crippen LogP contribution in [0.1, 0.15) is 5.56 Å². The van der Waals surface area contributed by atoms with Gasteiger partial charge in [-0.25, -0.2) is 10.8 Å². The van der Waals surface area contributed by atoms with E-state index in [1.807, 2.05) is 30.3 Å². The van der Waals surface area contributed by atoms with Crippen molar-refractivity contribution >= 4 is 11.6 Å². The molecule has 0 atom stereocenters. The third kappa shape index (κ3) is 3.42. The molecular formula is C12H15N5. The van der Waals surface area contributed by atoms with Crippen LogP contribution >= 0.6 is 0 Å². The number of hydrogen-bond donors (Lipinski definition) is 3. The van der Waals surface area contributed by atoms with Crippen molar-refractivity contribution in [3.63, 3.8) is 0 Å². The zero-order chi connectivity index (χ0) is 11.9. The lowest BCUT2D eigenvalue weighted by atomic mass is 10.2. The van der Waals surface area contributed by atoms with Crippen LogP contribution < -0.4 is 16.6 Å². The van der Waals surface area contributed by atoms with Gasteiger partial charge in [-0.3, -0.25) is 4.98 Å². The van der Waals surface area contributed by atoms with Crippen molar-refractivity contribution in [1.82, 2.24) is 9.97 Å². The summed E-state index contributed by atoms with van der Waals surface area (Å²) in [4.78, 5) is 8.24. The SMILES string of the molecule is NNc1cccc(NCCc2ccncc2)n1. The lowest BCUT2D eigenvalue weighted by molar-refractivity contribution is 1.000. The molecule has 0 spiro atoms. The van der Waals surface area contributed by atoms with E-state index in [2.05, 4.69) is 20.7 Å². The maximum Gasteiger partial charge on any atom is 0.142 e. The minimum atomic E-state index is 0.652. The number of nitrogens with zero attached hydrogens (tertiary/aromatic N) is 2. The zero-order valence-corrected chi connectivity index (χ0v) is 9.43. The van der Waals surface area contributed by atoms with Crippen molar-refractivity contribution in [3.05, 3.63) is 48.3 Å². The van der Waals surface area contributed by atoms with Crippen LogP contribution in [-0.4, -0.2) is 16.5 Å². The van der Waals surface area contributed by atoms with E-state index in [9.17, 15) is 0 Å². The Kier molecular flexibility index (Phi) is 3.88. The first-order valence-electron chi connectivity index (χ1n) is 5.45. The van der Waals surface area contributed by atoms with Crippen LogP contribution in [-0.2, 0) is 6.42 Å². The summed E-state index contributed by atoms with van der Waals surface area (Å²) < 4.78 is 0. The molecule has 0 aliphatic heterocycles. The van der Waals surface area contributed by atoms with Crippen LogP contribution in [0.25, 0.3) is 0 Å². The van der Waals surface area contributed by atoms with Gasteiger partial charge in [-0.05, 0) is 36.2 Å². The van der Waals surface area contributed by atoms with Crippen molar-refractivity contribution in [2.24, 2.45) is 5.84 Å². The van der Waals surface area contributed by atoms with E-state index in [0.717, 1.165) is 18.8 Å². The van der Waals surface area contributed by atoms with Gasteiger partial charge in [0.25, 0.3) is 0 Å². The minimum Gasteiger partial charge on any atom is -0.370 e. The lowest BCUT2D eigenvalue weighted by Gasteiger charge is -2.06. The number of nitrogen functional groups attached to an aromatic ring is 1. The molecule has 0 radical (unpaired) electrons. The number of hydrazine groups is 1. The molecule has 0 fully saturated rings. The van der Waals surface area contributed by atoms with Crippen LogP contribution in [0.15, 0.2) is 42.7 Å². The quantitative estimate of drug-likeness (QED) is 0.534. The molecule has 88 valence electrons. The minimum absolute atomic E-state index is 0.652. The Morgan fingerprint density at radius 3 is 2.59 bits per heavy atom. The predicted octanol–water partition coefficient (Wildman–Crippen LogP) is 1.42. The van der Waals surface area contributed by atoms with Crippen LogP contribution in [0, 0.1) is 0 Å². The van der Waals surface area contributed by atoms with Gasteiger partial charge >= 0.3 is 0 Å². The summed E-state index contributed by atoms with van der Waals surface area (Å²) in [5, 5.41) is 3.24. The first kappa shape index (κ1) is 11.3. The summed E-state index contributed by atoms with van der Waals surface area (Å²) in [5.74, 6) is 6.76. The third-order valence-corrected chi connectivity index (χ3v) is 2.37. The van der Waals surface area contributed by atoms with Gasteiger partial charge < -0.3 is 10.7 Å². The molecule has 5 nitrogen and oxygen atoms in total. The molecule has 2 heterocycles. The van der Waals surface area contributed by atoms with Gasteiger partial charge in [0.15, 0.2) is 0 Å². The molecule has 0 aromatic carbocycles. The van der Waals surface area contributed by atoms with Crippen LogP contribution in [0.3, 0.4) is 0 Å². The number of aromatic nitrogens is 2. The molecule has 0 bridgehead atoms. The van der Waals surface area contributed by atoms with Gasteiger partial charge in [0.05, 0.1) is 0 Å². The van der Waals surface area contributed by atoms with Crippen molar-refractivity contribution in [2.75, 3.05) is 17.3 Å². The van der Waals surface area contributed by atoms with Crippen LogP contribution in [0.4, 0.5) is 11.6 Å². The molecule has 0 amide bonds. The maximum absolute atomic E-state index is 5.29. The second kappa shape index (κ2) is 5.81. The summed E-state index contributed by atoms with van der Waals surface area (Å²) in [6, 6.07) is 9.64. The zero-order valence-electron chi connectivity index (χ0n) is 9.43. The van der Waals surface area contributed by atoms with E-state index >= 15 is 0 Å². The van der Waals surface area contributed by atoms with Gasteiger partial charge in [-0.1, -0.05) is 6.07 Å². The maximum atomic E-state index is 5.29. The van der Waals surface area contributed by atoms with E-state index in [1.165, 1.54) is 5.56 Å². The highest BCUT2D eigenvalue weighted by Crippen LogP contribution is 2.08. The Hall–Kier alpha value is -2.14. The van der Waals surface area contributed by atoms with E-state index in [0.29, 0.717) is 5.82 Å². The van der Waals surface area contributed by atoms with Crippen molar-refractivity contribution in [3.8, 4) is 0 Å². The Morgan fingerprint density at radius 2 is 1.82 bits per heavy atom. The Bertz CT molecular complexity index is 457. The fourth-order valence-electron chi connectivity index (χ4n) is 1.50. The molecule has 0 aliphatic carbocycles. The number of nitrogens with one attached hydrogen (secondary N) is 2. The Labute approximate surface area is 100 Å². The average molecular weight is 229 g/mol. The van der Waals surface area contributed by atoms with Gasteiger partial charge in [0, 0.05) is 18.9 Å². The van der Waals surface area contributed by atoms with Crippen molar-refractivity contribution in [1.29, 1.82) is 0 Å². The largest absolute Gasteiger partial charge is 0.370 e. The molecule has 0 aliphatic rings. The molecule has 2 rings (SSSR count). The van der Waals surface area contributed by atoms with E-state index in [1.54, 1.807) is 12.4 Å². The number of pyridine rings is 2. The first-order chi connectivity index (χ1) is 8.38. The highest BCUT2D eigenvalue weighted by Gasteiger charge is 1.96. The van der Waals surface area contributed by atoms with E-state index in [4.69, 9.17) is 5.84 Å². The first-order valence-corrected chi connectivity index (χ1v) is 5.45. The summed E-state index contributed by atoms with van der Waals surface area (Å²) >= 11 is 0. The molecule has 0 unspecified atom stereocenters. The predicted molar refractivity (Wildman–Crippen MR) is 68.5 cm³/mol. The Morgan fingerprint density at radius 1 is 1.06 bits per heavy atom. The Balaban J connectivity index is 1.86. The van der Waals surface area contributed by atoms with E-state index in [-0.39, 0.29) is 0 Å². The highest BCUT2D eigenvalue weighted by molar-refractivity contribution is 5.44. The number of nitrogens with two attached hydrogens (primary N) is 1. The van der Waals surface area contributed by atoms with Gasteiger partial charge in [-0.15, -0.1) is 0 Å². The molecule has 0 saturated carbocycles. The van der Waals surface area contributed by atoms with Crippen LogP contribution in [0.5, 0.6) is 0 Å². The normalized spacial score (nSPS) is 9.94. The van der Waals surface area contributed by atoms with Gasteiger partial charge in [0.2, 0.25) is 0 Å². The third-order valence-electron chi connectivity index (χ3n) is 2.37. The molecular weight excluding hydrogens is 214 g/mol.